The van der Waals surface area contributed by atoms with Gasteiger partial charge in [0, 0.05) is 24.2 Å². The van der Waals surface area contributed by atoms with Gasteiger partial charge in [-0.1, -0.05) is 19.1 Å². The summed E-state index contributed by atoms with van der Waals surface area (Å²) in [6.07, 6.45) is 0. The smallest absolute Gasteiger partial charge is 0.244 e. The van der Waals surface area contributed by atoms with Crippen molar-refractivity contribution < 1.29 is 13.2 Å². The molecule has 1 rings (SSSR count). The highest BCUT2D eigenvalue weighted by molar-refractivity contribution is 9.10. The van der Waals surface area contributed by atoms with Gasteiger partial charge in [0.25, 0.3) is 0 Å². The first-order valence-corrected chi connectivity index (χ1v) is 8.09. The van der Waals surface area contributed by atoms with Gasteiger partial charge in [-0.15, -0.1) is 0 Å². The van der Waals surface area contributed by atoms with E-state index in [0.717, 1.165) is 0 Å². The van der Waals surface area contributed by atoms with Crippen molar-refractivity contribution in [3.63, 3.8) is 0 Å². The highest BCUT2D eigenvalue weighted by Gasteiger charge is 2.24. The summed E-state index contributed by atoms with van der Waals surface area (Å²) in [5.41, 5.74) is 0. The van der Waals surface area contributed by atoms with Crippen molar-refractivity contribution in [3.05, 3.63) is 28.7 Å². The Balaban J connectivity index is 2.93. The van der Waals surface area contributed by atoms with Crippen molar-refractivity contribution in [2.45, 2.75) is 18.7 Å². The Morgan fingerprint density at radius 1 is 1.28 bits per heavy atom. The fourth-order valence-corrected chi connectivity index (χ4v) is 3.95. The van der Waals surface area contributed by atoms with Crippen LogP contribution in [-0.4, -0.2) is 39.0 Å². The van der Waals surface area contributed by atoms with Crippen LogP contribution in [0.1, 0.15) is 13.8 Å². The molecule has 0 amide bonds. The van der Waals surface area contributed by atoms with E-state index in [2.05, 4.69) is 15.9 Å². The van der Waals surface area contributed by atoms with Crippen molar-refractivity contribution in [2.24, 2.45) is 0 Å². The minimum absolute atomic E-state index is 0.295. The normalized spacial score (nSPS) is 12.0. The van der Waals surface area contributed by atoms with E-state index in [4.69, 9.17) is 4.74 Å². The molecule has 0 bridgehead atoms. The van der Waals surface area contributed by atoms with Gasteiger partial charge in [0.2, 0.25) is 10.0 Å². The summed E-state index contributed by atoms with van der Waals surface area (Å²) in [6, 6.07) is 6.83. The summed E-state index contributed by atoms with van der Waals surface area (Å²) in [5.74, 6) is 0. The van der Waals surface area contributed by atoms with Crippen molar-refractivity contribution in [1.82, 2.24) is 4.31 Å². The number of benzene rings is 1. The second-order valence-corrected chi connectivity index (χ2v) is 6.38. The van der Waals surface area contributed by atoms with Crippen molar-refractivity contribution in [3.8, 4) is 0 Å². The topological polar surface area (TPSA) is 46.6 Å². The minimum Gasteiger partial charge on any atom is -0.380 e. The molecule has 0 aliphatic rings. The fourth-order valence-electron chi connectivity index (χ4n) is 1.55. The largest absolute Gasteiger partial charge is 0.380 e. The molecule has 4 nitrogen and oxygen atoms in total. The number of halogens is 1. The van der Waals surface area contributed by atoms with Crippen LogP contribution < -0.4 is 0 Å². The van der Waals surface area contributed by atoms with Crippen molar-refractivity contribution in [2.75, 3.05) is 26.3 Å². The van der Waals surface area contributed by atoms with Crippen LogP contribution in [0.3, 0.4) is 0 Å². The molecular formula is C12H18BrNO3S. The molecule has 0 radical (unpaired) electrons. The fraction of sp³-hybridized carbons (Fsp3) is 0.500. The zero-order valence-corrected chi connectivity index (χ0v) is 13.0. The summed E-state index contributed by atoms with van der Waals surface area (Å²) in [4.78, 5) is 0.295. The Bertz CT molecular complexity index is 476. The zero-order valence-electron chi connectivity index (χ0n) is 10.6. The molecule has 0 aromatic heterocycles. The number of sulfonamides is 1. The molecule has 0 fully saturated rings. The summed E-state index contributed by atoms with van der Waals surface area (Å²) >= 11 is 3.27. The molecule has 0 spiro atoms. The Morgan fingerprint density at radius 2 is 1.94 bits per heavy atom. The molecule has 1 aromatic carbocycles. The lowest BCUT2D eigenvalue weighted by Crippen LogP contribution is -2.34. The van der Waals surface area contributed by atoms with Gasteiger partial charge < -0.3 is 4.74 Å². The zero-order chi connectivity index (χ0) is 13.6. The Labute approximate surface area is 117 Å². The minimum atomic E-state index is -3.46. The second kappa shape index (κ2) is 7.23. The van der Waals surface area contributed by atoms with E-state index in [0.29, 0.717) is 35.7 Å². The average molecular weight is 336 g/mol. The van der Waals surface area contributed by atoms with Crippen LogP contribution >= 0.6 is 15.9 Å². The summed E-state index contributed by atoms with van der Waals surface area (Å²) in [5, 5.41) is 0. The van der Waals surface area contributed by atoms with E-state index in [1.807, 2.05) is 13.8 Å². The van der Waals surface area contributed by atoms with Gasteiger partial charge in [0.1, 0.15) is 0 Å². The number of nitrogens with zero attached hydrogens (tertiary/aromatic N) is 1. The van der Waals surface area contributed by atoms with Gasteiger partial charge in [-0.2, -0.15) is 4.31 Å². The maximum atomic E-state index is 12.4. The number of ether oxygens (including phenoxy) is 1. The molecule has 0 aliphatic heterocycles. The van der Waals surface area contributed by atoms with E-state index in [9.17, 15) is 8.42 Å². The third-order valence-electron chi connectivity index (χ3n) is 2.50. The molecule has 6 heteroatoms. The third kappa shape index (κ3) is 3.78. The van der Waals surface area contributed by atoms with Gasteiger partial charge >= 0.3 is 0 Å². The van der Waals surface area contributed by atoms with E-state index >= 15 is 0 Å². The van der Waals surface area contributed by atoms with Crippen LogP contribution in [0.15, 0.2) is 33.6 Å². The molecule has 0 aliphatic carbocycles. The standard InChI is InChI=1S/C12H18BrNO3S/c1-3-14(9-10-17-4-2)18(15,16)12-8-6-5-7-11(12)13/h5-8H,3-4,9-10H2,1-2H3. The van der Waals surface area contributed by atoms with E-state index in [1.165, 1.54) is 4.31 Å². The van der Waals surface area contributed by atoms with Gasteiger partial charge in [0.15, 0.2) is 0 Å². The molecule has 0 heterocycles. The number of hydrogen-bond donors (Lipinski definition) is 0. The highest BCUT2D eigenvalue weighted by atomic mass is 79.9. The van der Waals surface area contributed by atoms with Gasteiger partial charge in [-0.05, 0) is 35.0 Å². The van der Waals surface area contributed by atoms with Crippen molar-refractivity contribution in [1.29, 1.82) is 0 Å². The van der Waals surface area contributed by atoms with E-state index in [-0.39, 0.29) is 0 Å². The molecule has 0 saturated carbocycles. The Hall–Kier alpha value is -0.430. The molecular weight excluding hydrogens is 318 g/mol. The summed E-state index contributed by atoms with van der Waals surface area (Å²) in [6.45, 7) is 5.50. The first-order valence-electron chi connectivity index (χ1n) is 5.86. The van der Waals surface area contributed by atoms with Crippen molar-refractivity contribution >= 4 is 26.0 Å². The van der Waals surface area contributed by atoms with Crippen LogP contribution in [0.25, 0.3) is 0 Å². The van der Waals surface area contributed by atoms with Gasteiger partial charge in [0.05, 0.1) is 11.5 Å². The molecule has 0 N–H and O–H groups in total. The van der Waals surface area contributed by atoms with Crippen LogP contribution in [0.4, 0.5) is 0 Å². The van der Waals surface area contributed by atoms with Crippen LogP contribution in [0.5, 0.6) is 0 Å². The van der Waals surface area contributed by atoms with Gasteiger partial charge in [-0.25, -0.2) is 8.42 Å². The Morgan fingerprint density at radius 3 is 2.50 bits per heavy atom. The quantitative estimate of drug-likeness (QED) is 0.719. The maximum Gasteiger partial charge on any atom is 0.244 e. The molecule has 0 atom stereocenters. The van der Waals surface area contributed by atoms with Crippen LogP contribution in [-0.2, 0) is 14.8 Å². The highest BCUT2D eigenvalue weighted by Crippen LogP contribution is 2.24. The van der Waals surface area contributed by atoms with E-state index in [1.54, 1.807) is 24.3 Å². The monoisotopic (exact) mass is 335 g/mol. The molecule has 102 valence electrons. The average Bonchev–Trinajstić information content (AvgIpc) is 2.34. The summed E-state index contributed by atoms with van der Waals surface area (Å²) < 4.78 is 32.0. The lowest BCUT2D eigenvalue weighted by Gasteiger charge is -2.20. The lowest BCUT2D eigenvalue weighted by atomic mass is 10.4. The first-order chi connectivity index (χ1) is 8.54. The first kappa shape index (κ1) is 15.6. The molecule has 0 unspecified atom stereocenters. The van der Waals surface area contributed by atoms with Gasteiger partial charge in [-0.3, -0.25) is 0 Å². The third-order valence-corrected chi connectivity index (χ3v) is 5.48. The molecule has 0 saturated heterocycles. The van der Waals surface area contributed by atoms with Crippen LogP contribution in [0, 0.1) is 0 Å². The second-order valence-electron chi connectivity index (χ2n) is 3.62. The van der Waals surface area contributed by atoms with Crippen LogP contribution in [0.2, 0.25) is 0 Å². The predicted octanol–water partition coefficient (Wildman–Crippen LogP) is 2.50. The Kier molecular flexibility index (Phi) is 6.28. The number of rotatable bonds is 7. The molecule has 1 aromatic rings. The lowest BCUT2D eigenvalue weighted by molar-refractivity contribution is 0.135. The molecule has 18 heavy (non-hydrogen) atoms. The predicted molar refractivity (Wildman–Crippen MR) is 75.1 cm³/mol. The maximum absolute atomic E-state index is 12.4. The SMILES string of the molecule is CCOCCN(CC)S(=O)(=O)c1ccccc1Br. The number of likely N-dealkylation sites (N-methyl/N-ethyl adjacent to an activating group) is 1. The van der Waals surface area contributed by atoms with E-state index < -0.39 is 10.0 Å². The summed E-state index contributed by atoms with van der Waals surface area (Å²) in [7, 11) is -3.46. The number of hydrogen-bond acceptors (Lipinski definition) is 3.